The molecule has 6 heteroatoms. The Kier molecular flexibility index (Phi) is 11.1. The van der Waals surface area contributed by atoms with E-state index in [0.717, 1.165) is 32.6 Å². The van der Waals surface area contributed by atoms with Crippen LogP contribution in [0.3, 0.4) is 0 Å². The molecule has 2 atom stereocenters. The number of nitrogens with zero attached hydrogens (tertiary/aromatic N) is 2. The highest BCUT2D eigenvalue weighted by atomic mass is 35.5. The molecular formula is C26H36ClN3O2. The van der Waals surface area contributed by atoms with Gasteiger partial charge in [-0.3, -0.25) is 4.79 Å². The summed E-state index contributed by atoms with van der Waals surface area (Å²) in [6, 6.07) is 20.6. The van der Waals surface area contributed by atoms with Crippen LogP contribution in [0, 0.1) is 12.8 Å². The minimum Gasteiger partial charge on any atom is -0.386 e. The highest BCUT2D eigenvalue weighted by Gasteiger charge is 2.28. The SMILES string of the molecule is C=C(C(O)C(C)C(=O)NCCCCl)N1CCN(c2ccccc2)CC1.Cc1ccccc1. The second-order valence-corrected chi connectivity index (χ2v) is 8.40. The molecule has 3 rings (SSSR count). The number of halogens is 1. The van der Waals surface area contributed by atoms with Crippen LogP contribution in [0.25, 0.3) is 0 Å². The zero-order valence-electron chi connectivity index (χ0n) is 19.2. The van der Waals surface area contributed by atoms with Crippen molar-refractivity contribution in [1.82, 2.24) is 10.2 Å². The average molecular weight is 458 g/mol. The highest BCUT2D eigenvalue weighted by molar-refractivity contribution is 6.17. The Balaban J connectivity index is 0.000000439. The minimum absolute atomic E-state index is 0.165. The number of aliphatic hydroxyl groups excluding tert-OH is 1. The van der Waals surface area contributed by atoms with Gasteiger partial charge in [-0.05, 0) is 25.5 Å². The number of carbonyl (C=O) groups is 1. The van der Waals surface area contributed by atoms with Crippen molar-refractivity contribution in [2.24, 2.45) is 5.92 Å². The van der Waals surface area contributed by atoms with Gasteiger partial charge in [-0.15, -0.1) is 11.6 Å². The summed E-state index contributed by atoms with van der Waals surface area (Å²) in [7, 11) is 0. The number of hydrogen-bond donors (Lipinski definition) is 2. The Bertz CT molecular complexity index is 808. The first kappa shape index (κ1) is 25.8. The summed E-state index contributed by atoms with van der Waals surface area (Å²) in [5, 5.41) is 13.3. The Morgan fingerprint density at radius 3 is 2.12 bits per heavy atom. The van der Waals surface area contributed by atoms with Crippen molar-refractivity contribution in [2.45, 2.75) is 26.4 Å². The molecule has 2 aromatic rings. The summed E-state index contributed by atoms with van der Waals surface area (Å²) in [5.41, 5.74) is 3.15. The first-order valence-electron chi connectivity index (χ1n) is 11.2. The summed E-state index contributed by atoms with van der Waals surface area (Å²) in [4.78, 5) is 16.5. The van der Waals surface area contributed by atoms with Crippen molar-refractivity contribution < 1.29 is 9.90 Å². The van der Waals surface area contributed by atoms with Crippen LogP contribution in [0.15, 0.2) is 72.9 Å². The summed E-state index contributed by atoms with van der Waals surface area (Å²) < 4.78 is 0. The zero-order valence-corrected chi connectivity index (χ0v) is 20.0. The maximum absolute atomic E-state index is 12.1. The van der Waals surface area contributed by atoms with E-state index < -0.39 is 12.0 Å². The van der Waals surface area contributed by atoms with Crippen LogP contribution in [0.2, 0.25) is 0 Å². The molecule has 2 unspecified atom stereocenters. The van der Waals surface area contributed by atoms with Gasteiger partial charge in [0.25, 0.3) is 0 Å². The number of hydrogen-bond acceptors (Lipinski definition) is 4. The fourth-order valence-corrected chi connectivity index (χ4v) is 3.62. The summed E-state index contributed by atoms with van der Waals surface area (Å²) in [6.45, 7) is 11.7. The van der Waals surface area contributed by atoms with Gasteiger partial charge in [0, 0.05) is 50.0 Å². The number of piperazine rings is 1. The molecule has 174 valence electrons. The van der Waals surface area contributed by atoms with Crippen molar-refractivity contribution >= 4 is 23.2 Å². The van der Waals surface area contributed by atoms with E-state index in [1.54, 1.807) is 6.92 Å². The molecule has 5 nitrogen and oxygen atoms in total. The van der Waals surface area contributed by atoms with Crippen LogP contribution in [-0.2, 0) is 4.79 Å². The van der Waals surface area contributed by atoms with Gasteiger partial charge in [0.15, 0.2) is 0 Å². The Morgan fingerprint density at radius 2 is 1.62 bits per heavy atom. The minimum atomic E-state index is -0.876. The van der Waals surface area contributed by atoms with Gasteiger partial charge >= 0.3 is 0 Å². The molecular weight excluding hydrogens is 422 g/mol. The van der Waals surface area contributed by atoms with Crippen LogP contribution in [0.5, 0.6) is 0 Å². The van der Waals surface area contributed by atoms with Crippen molar-refractivity contribution in [3.8, 4) is 0 Å². The van der Waals surface area contributed by atoms with E-state index >= 15 is 0 Å². The molecule has 1 aliphatic heterocycles. The number of aryl methyl sites for hydroxylation is 1. The van der Waals surface area contributed by atoms with Gasteiger partial charge in [0.2, 0.25) is 5.91 Å². The molecule has 1 amide bonds. The standard InChI is InChI=1S/C19H28ClN3O2.C7H8/c1-15(19(25)21-10-6-9-20)18(24)16(2)22-11-13-23(14-12-22)17-7-4-3-5-8-17;1-7-5-3-2-4-6-7/h3-5,7-8,15,18,24H,2,6,9-14H2,1H3,(H,21,25);2-6H,1H3. The van der Waals surface area contributed by atoms with Gasteiger partial charge in [-0.25, -0.2) is 0 Å². The predicted octanol–water partition coefficient (Wildman–Crippen LogP) is 4.06. The molecule has 1 saturated heterocycles. The van der Waals surface area contributed by atoms with Crippen LogP contribution >= 0.6 is 11.6 Å². The van der Waals surface area contributed by atoms with Gasteiger partial charge in [-0.2, -0.15) is 0 Å². The fraction of sp³-hybridized carbons (Fsp3) is 0.423. The Labute approximate surface area is 197 Å². The van der Waals surface area contributed by atoms with Gasteiger partial charge in [-0.1, -0.05) is 67.6 Å². The van der Waals surface area contributed by atoms with E-state index in [4.69, 9.17) is 11.6 Å². The lowest BCUT2D eigenvalue weighted by atomic mass is 10.00. The third-order valence-electron chi connectivity index (χ3n) is 5.59. The second kappa shape index (κ2) is 13.8. The predicted molar refractivity (Wildman–Crippen MR) is 134 cm³/mol. The van der Waals surface area contributed by atoms with Crippen molar-refractivity contribution in [3.05, 3.63) is 78.5 Å². The van der Waals surface area contributed by atoms with Crippen molar-refractivity contribution in [1.29, 1.82) is 0 Å². The summed E-state index contributed by atoms with van der Waals surface area (Å²) in [5.74, 6) is -0.188. The number of nitrogens with one attached hydrogen (secondary N) is 1. The highest BCUT2D eigenvalue weighted by Crippen LogP contribution is 2.20. The normalized spacial score (nSPS) is 15.2. The summed E-state index contributed by atoms with van der Waals surface area (Å²) >= 11 is 5.61. The summed E-state index contributed by atoms with van der Waals surface area (Å²) in [6.07, 6.45) is -0.155. The molecule has 0 spiro atoms. The topological polar surface area (TPSA) is 55.8 Å². The number of anilines is 1. The molecule has 2 N–H and O–H groups in total. The lowest BCUT2D eigenvalue weighted by Gasteiger charge is -2.40. The van der Waals surface area contributed by atoms with E-state index in [1.807, 2.05) is 36.4 Å². The van der Waals surface area contributed by atoms with E-state index in [1.165, 1.54) is 11.3 Å². The largest absolute Gasteiger partial charge is 0.386 e. The molecule has 0 aromatic heterocycles. The van der Waals surface area contributed by atoms with Gasteiger partial charge in [0.1, 0.15) is 6.10 Å². The van der Waals surface area contributed by atoms with Crippen LogP contribution < -0.4 is 10.2 Å². The number of alkyl halides is 1. The average Bonchev–Trinajstić information content (AvgIpc) is 2.84. The first-order chi connectivity index (χ1) is 15.4. The van der Waals surface area contributed by atoms with Crippen LogP contribution in [-0.4, -0.2) is 60.6 Å². The third-order valence-corrected chi connectivity index (χ3v) is 5.85. The number of benzene rings is 2. The number of carbonyl (C=O) groups excluding carboxylic acids is 1. The van der Waals surface area contributed by atoms with Gasteiger partial charge < -0.3 is 20.2 Å². The molecule has 1 fully saturated rings. The van der Waals surface area contributed by atoms with E-state index in [2.05, 4.69) is 52.9 Å². The molecule has 1 aliphatic rings. The maximum atomic E-state index is 12.1. The maximum Gasteiger partial charge on any atom is 0.225 e. The lowest BCUT2D eigenvalue weighted by Crippen LogP contribution is -2.49. The Hall–Kier alpha value is -2.50. The molecule has 1 heterocycles. The fourth-order valence-electron chi connectivity index (χ4n) is 3.48. The first-order valence-corrected chi connectivity index (χ1v) is 11.7. The number of para-hydroxylation sites is 1. The van der Waals surface area contributed by atoms with E-state index in [-0.39, 0.29) is 5.91 Å². The number of rotatable bonds is 8. The van der Waals surface area contributed by atoms with Crippen molar-refractivity contribution in [3.63, 3.8) is 0 Å². The van der Waals surface area contributed by atoms with Crippen LogP contribution in [0.4, 0.5) is 5.69 Å². The quantitative estimate of drug-likeness (QED) is 0.463. The van der Waals surface area contributed by atoms with Crippen molar-refractivity contribution in [2.75, 3.05) is 43.5 Å². The molecule has 32 heavy (non-hydrogen) atoms. The van der Waals surface area contributed by atoms with E-state index in [0.29, 0.717) is 18.1 Å². The number of aliphatic hydroxyl groups is 1. The molecule has 0 bridgehead atoms. The monoisotopic (exact) mass is 457 g/mol. The molecule has 0 saturated carbocycles. The Morgan fingerprint density at radius 1 is 1.06 bits per heavy atom. The smallest absolute Gasteiger partial charge is 0.225 e. The third kappa shape index (κ3) is 8.21. The zero-order chi connectivity index (χ0) is 23.3. The second-order valence-electron chi connectivity index (χ2n) is 8.02. The van der Waals surface area contributed by atoms with Crippen LogP contribution in [0.1, 0.15) is 18.9 Å². The lowest BCUT2D eigenvalue weighted by molar-refractivity contribution is -0.127. The van der Waals surface area contributed by atoms with E-state index in [9.17, 15) is 9.90 Å². The molecule has 2 aromatic carbocycles. The van der Waals surface area contributed by atoms with Gasteiger partial charge in [0.05, 0.1) is 5.92 Å². The molecule has 0 radical (unpaired) electrons. The number of amides is 1. The molecule has 0 aliphatic carbocycles.